The predicted molar refractivity (Wildman–Crippen MR) is 109 cm³/mol. The molecular weight excluding hydrogens is 386 g/mol. The Morgan fingerprint density at radius 1 is 1.17 bits per heavy atom. The highest BCUT2D eigenvalue weighted by Gasteiger charge is 2.36. The fourth-order valence-electron chi connectivity index (χ4n) is 3.38. The maximum atomic E-state index is 13.0. The summed E-state index contributed by atoms with van der Waals surface area (Å²) in [5, 5.41) is 2.89. The van der Waals surface area contributed by atoms with E-state index in [0.717, 1.165) is 6.42 Å². The molecule has 0 aliphatic carbocycles. The number of carbonyl (C=O) groups excluding carboxylic acids is 2. The SMILES string of the molecule is COc1ccc(C(=O)N2CCC[C@@H]2C(=O)Nc2ccccc2Oc2cccnc2)o1. The normalized spacial score (nSPS) is 15.6. The van der Waals surface area contributed by atoms with E-state index in [0.29, 0.717) is 30.2 Å². The Bertz CT molecular complexity index is 1030. The molecule has 0 spiro atoms. The Balaban J connectivity index is 1.49. The number of amides is 2. The first-order valence-electron chi connectivity index (χ1n) is 9.58. The van der Waals surface area contributed by atoms with Gasteiger partial charge >= 0.3 is 0 Å². The number of rotatable bonds is 6. The largest absolute Gasteiger partial charge is 0.468 e. The first-order chi connectivity index (χ1) is 14.7. The molecule has 1 aromatic carbocycles. The zero-order valence-corrected chi connectivity index (χ0v) is 16.4. The smallest absolute Gasteiger partial charge is 0.290 e. The summed E-state index contributed by atoms with van der Waals surface area (Å²) in [4.78, 5) is 31.4. The van der Waals surface area contributed by atoms with Crippen LogP contribution in [-0.2, 0) is 4.79 Å². The van der Waals surface area contributed by atoms with E-state index in [1.54, 1.807) is 54.9 Å². The van der Waals surface area contributed by atoms with Gasteiger partial charge in [-0.05, 0) is 43.2 Å². The van der Waals surface area contributed by atoms with Crippen LogP contribution in [0.25, 0.3) is 0 Å². The van der Waals surface area contributed by atoms with E-state index in [9.17, 15) is 9.59 Å². The lowest BCUT2D eigenvalue weighted by atomic mass is 10.2. The van der Waals surface area contributed by atoms with Gasteiger partial charge in [0.05, 0.1) is 19.0 Å². The van der Waals surface area contributed by atoms with E-state index >= 15 is 0 Å². The number of ether oxygens (including phenoxy) is 2. The van der Waals surface area contributed by atoms with Crippen molar-refractivity contribution in [1.82, 2.24) is 9.88 Å². The molecule has 4 rings (SSSR count). The van der Waals surface area contributed by atoms with Gasteiger partial charge in [-0.2, -0.15) is 0 Å². The number of hydrogen-bond acceptors (Lipinski definition) is 6. The predicted octanol–water partition coefficient (Wildman–Crippen LogP) is 3.72. The Morgan fingerprint density at radius 2 is 2.03 bits per heavy atom. The average molecular weight is 407 g/mol. The van der Waals surface area contributed by atoms with Crippen molar-refractivity contribution in [3.05, 3.63) is 66.7 Å². The molecule has 3 aromatic rings. The second-order valence-electron chi connectivity index (χ2n) is 6.76. The first kappa shape index (κ1) is 19.5. The van der Waals surface area contributed by atoms with Gasteiger partial charge in [0.2, 0.25) is 5.91 Å². The number of nitrogens with zero attached hydrogens (tertiary/aromatic N) is 2. The molecule has 1 saturated heterocycles. The molecule has 1 atom stereocenters. The molecule has 30 heavy (non-hydrogen) atoms. The number of benzene rings is 1. The van der Waals surface area contributed by atoms with Crippen LogP contribution in [0.15, 0.2) is 65.3 Å². The average Bonchev–Trinajstić information content (AvgIpc) is 3.45. The summed E-state index contributed by atoms with van der Waals surface area (Å²) in [5.41, 5.74) is 0.519. The maximum absolute atomic E-state index is 13.0. The molecule has 154 valence electrons. The van der Waals surface area contributed by atoms with Gasteiger partial charge in [0.25, 0.3) is 11.9 Å². The zero-order valence-electron chi connectivity index (χ0n) is 16.4. The molecule has 0 radical (unpaired) electrons. The van der Waals surface area contributed by atoms with E-state index in [1.165, 1.54) is 12.0 Å². The van der Waals surface area contributed by atoms with Crippen molar-refractivity contribution in [2.24, 2.45) is 0 Å². The van der Waals surface area contributed by atoms with Crippen molar-refractivity contribution in [2.45, 2.75) is 18.9 Å². The lowest BCUT2D eigenvalue weighted by Crippen LogP contribution is -2.43. The number of hydrogen-bond donors (Lipinski definition) is 1. The molecule has 0 unspecified atom stereocenters. The minimum Gasteiger partial charge on any atom is -0.468 e. The number of furan rings is 1. The van der Waals surface area contributed by atoms with Crippen LogP contribution in [0.1, 0.15) is 23.4 Å². The van der Waals surface area contributed by atoms with Crippen LogP contribution in [0.4, 0.5) is 5.69 Å². The summed E-state index contributed by atoms with van der Waals surface area (Å²) < 4.78 is 16.2. The summed E-state index contributed by atoms with van der Waals surface area (Å²) in [6.07, 6.45) is 4.55. The third kappa shape index (κ3) is 4.12. The Morgan fingerprint density at radius 3 is 2.80 bits per heavy atom. The fraction of sp³-hybridized carbons (Fsp3) is 0.227. The lowest BCUT2D eigenvalue weighted by Gasteiger charge is -2.23. The highest BCUT2D eigenvalue weighted by molar-refractivity contribution is 6.01. The number of pyridine rings is 1. The molecule has 8 heteroatoms. The number of anilines is 1. The standard InChI is InChI=1S/C22H21N3O5/c1-28-20-11-10-19(30-20)22(27)25-13-5-8-17(25)21(26)24-16-7-2-3-9-18(16)29-15-6-4-12-23-14-15/h2-4,6-7,9-12,14,17H,5,8,13H2,1H3,(H,24,26)/t17-/m1/s1. The fourth-order valence-corrected chi connectivity index (χ4v) is 3.38. The van der Waals surface area contributed by atoms with E-state index in [2.05, 4.69) is 10.3 Å². The van der Waals surface area contributed by atoms with Crippen molar-refractivity contribution in [1.29, 1.82) is 0 Å². The molecule has 1 fully saturated rings. The van der Waals surface area contributed by atoms with Gasteiger partial charge < -0.3 is 24.1 Å². The van der Waals surface area contributed by atoms with Gasteiger partial charge in [0.15, 0.2) is 11.5 Å². The van der Waals surface area contributed by atoms with E-state index in [4.69, 9.17) is 13.9 Å². The number of carbonyl (C=O) groups is 2. The number of aromatic nitrogens is 1. The van der Waals surface area contributed by atoms with Crippen LogP contribution in [0.2, 0.25) is 0 Å². The minimum absolute atomic E-state index is 0.145. The minimum atomic E-state index is -0.597. The number of para-hydroxylation sites is 2. The van der Waals surface area contributed by atoms with Crippen LogP contribution in [0.5, 0.6) is 17.4 Å². The third-order valence-electron chi connectivity index (χ3n) is 4.82. The van der Waals surface area contributed by atoms with Gasteiger partial charge in [-0.15, -0.1) is 0 Å². The summed E-state index contributed by atoms with van der Waals surface area (Å²) in [6, 6.07) is 13.2. The van der Waals surface area contributed by atoms with Crippen LogP contribution < -0.4 is 14.8 Å². The zero-order chi connectivity index (χ0) is 20.9. The number of methoxy groups -OCH3 is 1. The molecule has 1 aliphatic heterocycles. The lowest BCUT2D eigenvalue weighted by molar-refractivity contribution is -0.119. The molecule has 1 N–H and O–H groups in total. The second kappa shape index (κ2) is 8.69. The molecule has 8 nitrogen and oxygen atoms in total. The number of nitrogens with one attached hydrogen (secondary N) is 1. The van der Waals surface area contributed by atoms with Crippen molar-refractivity contribution in [3.8, 4) is 17.4 Å². The van der Waals surface area contributed by atoms with Gasteiger partial charge in [0, 0.05) is 18.8 Å². The van der Waals surface area contributed by atoms with Crippen LogP contribution >= 0.6 is 0 Å². The molecular formula is C22H21N3O5. The van der Waals surface area contributed by atoms with Gasteiger partial charge in [0.1, 0.15) is 11.8 Å². The van der Waals surface area contributed by atoms with Crippen molar-refractivity contribution in [2.75, 3.05) is 19.0 Å². The van der Waals surface area contributed by atoms with Crippen molar-refractivity contribution >= 4 is 17.5 Å². The Hall–Kier alpha value is -3.81. The molecule has 2 amide bonds. The Kier molecular flexibility index (Phi) is 5.65. The number of likely N-dealkylation sites (tertiary alicyclic amines) is 1. The molecule has 0 bridgehead atoms. The quantitative estimate of drug-likeness (QED) is 0.669. The summed E-state index contributed by atoms with van der Waals surface area (Å²) in [7, 11) is 1.46. The van der Waals surface area contributed by atoms with E-state index < -0.39 is 6.04 Å². The van der Waals surface area contributed by atoms with Crippen LogP contribution in [-0.4, -0.2) is 41.4 Å². The molecule has 2 aromatic heterocycles. The molecule has 3 heterocycles. The third-order valence-corrected chi connectivity index (χ3v) is 4.82. The highest BCUT2D eigenvalue weighted by Crippen LogP contribution is 2.30. The monoisotopic (exact) mass is 407 g/mol. The highest BCUT2D eigenvalue weighted by atomic mass is 16.6. The van der Waals surface area contributed by atoms with Crippen LogP contribution in [0, 0.1) is 0 Å². The van der Waals surface area contributed by atoms with Gasteiger partial charge in [-0.25, -0.2) is 0 Å². The topological polar surface area (TPSA) is 93.9 Å². The molecule has 0 saturated carbocycles. The van der Waals surface area contributed by atoms with Gasteiger partial charge in [-0.3, -0.25) is 14.6 Å². The van der Waals surface area contributed by atoms with Crippen LogP contribution in [0.3, 0.4) is 0 Å². The second-order valence-corrected chi connectivity index (χ2v) is 6.76. The van der Waals surface area contributed by atoms with E-state index in [-0.39, 0.29) is 23.5 Å². The summed E-state index contributed by atoms with van der Waals surface area (Å²) in [5.74, 6) is 0.832. The maximum Gasteiger partial charge on any atom is 0.290 e. The van der Waals surface area contributed by atoms with E-state index in [1.807, 2.05) is 6.07 Å². The van der Waals surface area contributed by atoms with Crippen molar-refractivity contribution in [3.63, 3.8) is 0 Å². The molecule has 1 aliphatic rings. The summed E-state index contributed by atoms with van der Waals surface area (Å²) in [6.45, 7) is 0.480. The first-order valence-corrected chi connectivity index (χ1v) is 9.58. The van der Waals surface area contributed by atoms with Gasteiger partial charge in [-0.1, -0.05) is 12.1 Å². The van der Waals surface area contributed by atoms with Crippen molar-refractivity contribution < 1.29 is 23.5 Å². The Labute approximate surface area is 173 Å². The summed E-state index contributed by atoms with van der Waals surface area (Å²) >= 11 is 0.